The Bertz CT molecular complexity index is 722. The monoisotopic (exact) mass is 353 g/mol. The molecule has 2 rings (SSSR count). The van der Waals surface area contributed by atoms with E-state index in [0.29, 0.717) is 5.56 Å². The average Bonchev–Trinajstić information content (AvgIpc) is 2.56. The summed E-state index contributed by atoms with van der Waals surface area (Å²) >= 11 is 7.28. The molecule has 0 spiro atoms. The SMILES string of the molecule is CSc1ccc(C(=O)OCC(=O)Nc2cc(Cl)ccc2F)cc1. The molecule has 0 unspecified atom stereocenters. The maximum absolute atomic E-state index is 13.5. The molecule has 2 aromatic rings. The minimum Gasteiger partial charge on any atom is -0.452 e. The second kappa shape index (κ2) is 7.99. The van der Waals surface area contributed by atoms with Gasteiger partial charge in [-0.2, -0.15) is 0 Å². The van der Waals surface area contributed by atoms with Gasteiger partial charge in [0.15, 0.2) is 6.61 Å². The third-order valence-corrected chi connectivity index (χ3v) is 3.84. The number of ether oxygens (including phenoxy) is 1. The van der Waals surface area contributed by atoms with Crippen LogP contribution in [-0.4, -0.2) is 24.7 Å². The van der Waals surface area contributed by atoms with Gasteiger partial charge < -0.3 is 10.1 Å². The van der Waals surface area contributed by atoms with E-state index in [0.717, 1.165) is 11.0 Å². The molecule has 0 aliphatic carbocycles. The number of amides is 1. The summed E-state index contributed by atoms with van der Waals surface area (Å²) in [5.41, 5.74) is 0.271. The van der Waals surface area contributed by atoms with E-state index in [1.54, 1.807) is 36.0 Å². The van der Waals surface area contributed by atoms with Crippen molar-refractivity contribution in [2.75, 3.05) is 18.2 Å². The van der Waals surface area contributed by atoms with Crippen molar-refractivity contribution < 1.29 is 18.7 Å². The van der Waals surface area contributed by atoms with Crippen LogP contribution in [0.5, 0.6) is 0 Å². The molecule has 0 radical (unpaired) electrons. The molecule has 120 valence electrons. The lowest BCUT2D eigenvalue weighted by atomic mass is 10.2. The first-order chi connectivity index (χ1) is 11.0. The molecule has 23 heavy (non-hydrogen) atoms. The molecule has 0 saturated heterocycles. The topological polar surface area (TPSA) is 55.4 Å². The van der Waals surface area contributed by atoms with Gasteiger partial charge in [0.25, 0.3) is 5.91 Å². The molecule has 0 aliphatic rings. The van der Waals surface area contributed by atoms with Crippen LogP contribution in [0, 0.1) is 5.82 Å². The Morgan fingerprint density at radius 2 is 1.91 bits per heavy atom. The fraction of sp³-hybridized carbons (Fsp3) is 0.125. The van der Waals surface area contributed by atoms with Gasteiger partial charge >= 0.3 is 5.97 Å². The molecule has 2 aromatic carbocycles. The smallest absolute Gasteiger partial charge is 0.338 e. The summed E-state index contributed by atoms with van der Waals surface area (Å²) in [6, 6.07) is 10.6. The highest BCUT2D eigenvalue weighted by Gasteiger charge is 2.12. The summed E-state index contributed by atoms with van der Waals surface area (Å²) in [6.45, 7) is -0.519. The zero-order valence-electron chi connectivity index (χ0n) is 12.1. The molecular weight excluding hydrogens is 341 g/mol. The van der Waals surface area contributed by atoms with Crippen LogP contribution in [0.1, 0.15) is 10.4 Å². The van der Waals surface area contributed by atoms with E-state index in [4.69, 9.17) is 16.3 Å². The number of rotatable bonds is 5. The third kappa shape index (κ3) is 4.97. The predicted octanol–water partition coefficient (Wildman–Crippen LogP) is 4.00. The number of benzene rings is 2. The minimum atomic E-state index is -0.653. The number of halogens is 2. The average molecular weight is 354 g/mol. The van der Waals surface area contributed by atoms with Crippen LogP contribution in [0.2, 0.25) is 5.02 Å². The maximum Gasteiger partial charge on any atom is 0.338 e. The largest absolute Gasteiger partial charge is 0.452 e. The van der Waals surface area contributed by atoms with E-state index >= 15 is 0 Å². The Morgan fingerprint density at radius 3 is 2.57 bits per heavy atom. The summed E-state index contributed by atoms with van der Waals surface area (Å²) < 4.78 is 18.4. The van der Waals surface area contributed by atoms with Gasteiger partial charge in [0.2, 0.25) is 0 Å². The van der Waals surface area contributed by atoms with Crippen molar-refractivity contribution in [3.05, 3.63) is 58.9 Å². The van der Waals surface area contributed by atoms with Crippen molar-refractivity contribution in [1.29, 1.82) is 0 Å². The van der Waals surface area contributed by atoms with Gasteiger partial charge in [-0.3, -0.25) is 4.79 Å². The van der Waals surface area contributed by atoms with E-state index in [2.05, 4.69) is 5.32 Å². The Hall–Kier alpha value is -2.05. The molecule has 0 fully saturated rings. The Labute approximate surface area is 142 Å². The fourth-order valence-electron chi connectivity index (χ4n) is 1.72. The lowest BCUT2D eigenvalue weighted by Crippen LogP contribution is -2.21. The Morgan fingerprint density at radius 1 is 1.22 bits per heavy atom. The number of thioether (sulfide) groups is 1. The van der Waals surface area contributed by atoms with Gasteiger partial charge in [-0.25, -0.2) is 9.18 Å². The van der Waals surface area contributed by atoms with Gasteiger partial charge in [-0.1, -0.05) is 11.6 Å². The minimum absolute atomic E-state index is 0.0668. The number of hydrogen-bond acceptors (Lipinski definition) is 4. The van der Waals surface area contributed by atoms with Crippen LogP contribution < -0.4 is 5.32 Å². The zero-order valence-corrected chi connectivity index (χ0v) is 13.7. The summed E-state index contributed by atoms with van der Waals surface area (Å²) in [5.74, 6) is -1.90. The molecule has 0 bridgehead atoms. The van der Waals surface area contributed by atoms with E-state index in [9.17, 15) is 14.0 Å². The number of hydrogen-bond donors (Lipinski definition) is 1. The summed E-state index contributed by atoms with van der Waals surface area (Å²) in [7, 11) is 0. The van der Waals surface area contributed by atoms with E-state index in [1.807, 2.05) is 6.26 Å². The quantitative estimate of drug-likeness (QED) is 0.652. The van der Waals surface area contributed by atoms with Crippen LogP contribution in [-0.2, 0) is 9.53 Å². The number of anilines is 1. The molecule has 0 aliphatic heterocycles. The van der Waals surface area contributed by atoms with E-state index in [-0.39, 0.29) is 10.7 Å². The second-order valence-electron chi connectivity index (χ2n) is 4.48. The summed E-state index contributed by atoms with van der Waals surface area (Å²) in [6.07, 6.45) is 1.92. The van der Waals surface area contributed by atoms with Crippen molar-refractivity contribution in [3.63, 3.8) is 0 Å². The molecule has 7 heteroatoms. The molecule has 0 saturated carbocycles. The van der Waals surface area contributed by atoms with Crippen molar-refractivity contribution in [2.24, 2.45) is 0 Å². The van der Waals surface area contributed by atoms with E-state index in [1.165, 1.54) is 12.1 Å². The van der Waals surface area contributed by atoms with E-state index < -0.39 is 24.3 Å². The van der Waals surface area contributed by atoms with Crippen LogP contribution in [0.3, 0.4) is 0 Å². The normalized spacial score (nSPS) is 10.2. The standard InChI is InChI=1S/C16H13ClFNO3S/c1-23-12-5-2-10(3-6-12)16(21)22-9-15(20)19-14-8-11(17)4-7-13(14)18/h2-8H,9H2,1H3,(H,19,20). The highest BCUT2D eigenvalue weighted by molar-refractivity contribution is 7.98. The Kier molecular flexibility index (Phi) is 6.01. The molecule has 0 aromatic heterocycles. The molecule has 0 atom stereocenters. The second-order valence-corrected chi connectivity index (χ2v) is 5.79. The summed E-state index contributed by atoms with van der Waals surface area (Å²) in [5, 5.41) is 2.58. The highest BCUT2D eigenvalue weighted by atomic mass is 35.5. The first-order valence-corrected chi connectivity index (χ1v) is 8.16. The Balaban J connectivity index is 1.90. The van der Waals surface area contributed by atoms with Gasteiger partial charge in [0.05, 0.1) is 11.3 Å². The first kappa shape index (κ1) is 17.3. The molecule has 0 heterocycles. The van der Waals surface area contributed by atoms with Crippen molar-refractivity contribution >= 4 is 40.9 Å². The third-order valence-electron chi connectivity index (χ3n) is 2.86. The van der Waals surface area contributed by atoms with Crippen LogP contribution >= 0.6 is 23.4 Å². The lowest BCUT2D eigenvalue weighted by Gasteiger charge is -2.08. The number of carbonyl (C=O) groups excluding carboxylic acids is 2. The predicted molar refractivity (Wildman–Crippen MR) is 88.5 cm³/mol. The van der Waals surface area contributed by atoms with Crippen LogP contribution in [0.15, 0.2) is 47.4 Å². The highest BCUT2D eigenvalue weighted by Crippen LogP contribution is 2.19. The molecular formula is C16H13ClFNO3S. The maximum atomic E-state index is 13.5. The van der Waals surface area contributed by atoms with Crippen molar-refractivity contribution in [3.8, 4) is 0 Å². The first-order valence-electron chi connectivity index (χ1n) is 6.55. The molecule has 1 amide bonds. The van der Waals surface area contributed by atoms with Crippen LogP contribution in [0.4, 0.5) is 10.1 Å². The molecule has 1 N–H and O–H groups in total. The van der Waals surface area contributed by atoms with Gasteiger partial charge in [0, 0.05) is 9.92 Å². The lowest BCUT2D eigenvalue weighted by molar-refractivity contribution is -0.119. The number of carbonyl (C=O) groups is 2. The van der Waals surface area contributed by atoms with Gasteiger partial charge in [-0.05, 0) is 48.7 Å². The van der Waals surface area contributed by atoms with Gasteiger partial charge in [0.1, 0.15) is 5.82 Å². The summed E-state index contributed by atoms with van der Waals surface area (Å²) in [4.78, 5) is 24.5. The fourth-order valence-corrected chi connectivity index (χ4v) is 2.30. The van der Waals surface area contributed by atoms with Crippen LogP contribution in [0.25, 0.3) is 0 Å². The van der Waals surface area contributed by atoms with Gasteiger partial charge in [-0.15, -0.1) is 11.8 Å². The number of nitrogens with one attached hydrogen (secondary N) is 1. The molecule has 4 nitrogen and oxygen atoms in total. The van der Waals surface area contributed by atoms with Crippen molar-refractivity contribution in [2.45, 2.75) is 4.90 Å². The number of esters is 1. The zero-order chi connectivity index (χ0) is 16.8. The van der Waals surface area contributed by atoms with Crippen molar-refractivity contribution in [1.82, 2.24) is 0 Å².